The SMILES string of the molecule is CCCCCCCCCCCCCCCCCCc1cc(C2CCCCC2)c(O)c(C2CCCCC2)c1Oc1c(C)cc(C(C)(C)C)cc1C. The average Bonchev–Trinajstić information content (AvgIpc) is 3.10. The minimum Gasteiger partial charge on any atom is -0.507 e. The summed E-state index contributed by atoms with van der Waals surface area (Å²) in [5.41, 5.74) is 7.60. The molecule has 0 aliphatic heterocycles. The fraction of sp³-hybridized carbons (Fsp3) is 0.750. The standard InChI is InChI=1S/C48H78O2/c1-7-8-9-10-11-12-13-14-15-16-17-18-19-20-21-24-33-41-36-43(39-29-25-22-26-30-39)45(49)44(40-31-27-23-28-32-40)47(41)50-46-37(2)34-42(35-38(46)3)48(4,5)6/h34-36,39-40,49H,7-33H2,1-6H3. The highest BCUT2D eigenvalue weighted by Crippen LogP contribution is 2.51. The lowest BCUT2D eigenvalue weighted by molar-refractivity contribution is 0.375. The molecule has 2 fully saturated rings. The minimum atomic E-state index is 0.0968. The van der Waals surface area contributed by atoms with Crippen LogP contribution < -0.4 is 4.74 Å². The van der Waals surface area contributed by atoms with Crippen LogP contribution in [0.15, 0.2) is 18.2 Å². The number of benzene rings is 2. The molecule has 0 unspecified atom stereocenters. The minimum absolute atomic E-state index is 0.0968. The second kappa shape index (κ2) is 21.5. The van der Waals surface area contributed by atoms with Gasteiger partial charge in [-0.3, -0.25) is 0 Å². The fourth-order valence-corrected chi connectivity index (χ4v) is 9.07. The van der Waals surface area contributed by atoms with Gasteiger partial charge in [-0.05, 0) is 104 Å². The second-order valence-corrected chi connectivity index (χ2v) is 17.7. The molecule has 2 aliphatic rings. The molecule has 0 aromatic heterocycles. The Morgan fingerprint density at radius 1 is 0.580 bits per heavy atom. The number of hydrogen-bond donors (Lipinski definition) is 1. The maximum atomic E-state index is 12.2. The molecule has 2 saturated carbocycles. The smallest absolute Gasteiger partial charge is 0.137 e. The zero-order valence-electron chi connectivity index (χ0n) is 33.8. The van der Waals surface area contributed by atoms with Crippen molar-refractivity contribution in [2.45, 2.75) is 232 Å². The Balaban J connectivity index is 1.42. The highest BCUT2D eigenvalue weighted by atomic mass is 16.5. The summed E-state index contributed by atoms with van der Waals surface area (Å²) in [6, 6.07) is 7.06. The van der Waals surface area contributed by atoms with Crippen LogP contribution >= 0.6 is 0 Å². The Labute approximate surface area is 310 Å². The van der Waals surface area contributed by atoms with Gasteiger partial charge in [0.25, 0.3) is 0 Å². The van der Waals surface area contributed by atoms with Gasteiger partial charge in [-0.2, -0.15) is 0 Å². The van der Waals surface area contributed by atoms with Gasteiger partial charge in [-0.15, -0.1) is 0 Å². The third kappa shape index (κ3) is 12.6. The maximum Gasteiger partial charge on any atom is 0.137 e. The molecule has 4 rings (SSSR count). The quantitative estimate of drug-likeness (QED) is 0.132. The number of hydrogen-bond acceptors (Lipinski definition) is 2. The summed E-state index contributed by atoms with van der Waals surface area (Å²) in [5.74, 6) is 3.45. The fourth-order valence-electron chi connectivity index (χ4n) is 9.07. The van der Waals surface area contributed by atoms with Gasteiger partial charge in [-0.1, -0.05) is 175 Å². The second-order valence-electron chi connectivity index (χ2n) is 17.7. The lowest BCUT2D eigenvalue weighted by atomic mass is 9.77. The van der Waals surface area contributed by atoms with Gasteiger partial charge in [-0.25, -0.2) is 0 Å². The van der Waals surface area contributed by atoms with Gasteiger partial charge in [0, 0.05) is 5.56 Å². The Hall–Kier alpha value is -1.96. The Morgan fingerprint density at radius 3 is 1.48 bits per heavy atom. The van der Waals surface area contributed by atoms with E-state index in [4.69, 9.17) is 4.74 Å². The normalized spacial score (nSPS) is 16.3. The highest BCUT2D eigenvalue weighted by Gasteiger charge is 2.31. The van der Waals surface area contributed by atoms with E-state index in [0.29, 0.717) is 17.6 Å². The predicted molar refractivity (Wildman–Crippen MR) is 218 cm³/mol. The first-order chi connectivity index (χ1) is 24.2. The third-order valence-electron chi connectivity index (χ3n) is 12.3. The van der Waals surface area contributed by atoms with E-state index in [1.165, 1.54) is 182 Å². The molecule has 50 heavy (non-hydrogen) atoms. The van der Waals surface area contributed by atoms with Gasteiger partial charge in [0.1, 0.15) is 17.2 Å². The van der Waals surface area contributed by atoms with Crippen LogP contribution in [0.5, 0.6) is 17.2 Å². The summed E-state index contributed by atoms with van der Waals surface area (Å²) in [6.45, 7) is 13.6. The van der Waals surface area contributed by atoms with Crippen molar-refractivity contribution in [3.8, 4) is 17.2 Å². The molecular weight excluding hydrogens is 609 g/mol. The van der Waals surface area contributed by atoms with Gasteiger partial charge in [0.15, 0.2) is 0 Å². The summed E-state index contributed by atoms with van der Waals surface area (Å²) < 4.78 is 7.17. The molecule has 0 atom stereocenters. The van der Waals surface area contributed by atoms with Crippen LogP contribution in [0.25, 0.3) is 0 Å². The maximum absolute atomic E-state index is 12.2. The van der Waals surface area contributed by atoms with Gasteiger partial charge in [0.05, 0.1) is 0 Å². The predicted octanol–water partition coefficient (Wildman–Crippen LogP) is 16.0. The number of rotatable bonds is 21. The van der Waals surface area contributed by atoms with Crippen molar-refractivity contribution < 1.29 is 9.84 Å². The lowest BCUT2D eigenvalue weighted by Gasteiger charge is -2.31. The van der Waals surface area contributed by atoms with Crippen molar-refractivity contribution in [3.63, 3.8) is 0 Å². The molecule has 2 aromatic carbocycles. The zero-order valence-corrected chi connectivity index (χ0v) is 33.8. The highest BCUT2D eigenvalue weighted by molar-refractivity contribution is 5.59. The summed E-state index contributed by atoms with van der Waals surface area (Å²) in [4.78, 5) is 0. The Morgan fingerprint density at radius 2 is 1.02 bits per heavy atom. The molecule has 0 bridgehead atoms. The van der Waals surface area contributed by atoms with Gasteiger partial charge < -0.3 is 9.84 Å². The van der Waals surface area contributed by atoms with Crippen LogP contribution in [0, 0.1) is 13.8 Å². The van der Waals surface area contributed by atoms with Crippen LogP contribution in [0.3, 0.4) is 0 Å². The van der Waals surface area contributed by atoms with Crippen LogP contribution in [0.1, 0.15) is 240 Å². The number of phenolic OH excluding ortho intramolecular Hbond substituents is 1. The molecule has 1 N–H and O–H groups in total. The van der Waals surface area contributed by atoms with E-state index in [-0.39, 0.29) is 5.41 Å². The number of aromatic hydroxyl groups is 1. The molecule has 2 aliphatic carbocycles. The lowest BCUT2D eigenvalue weighted by Crippen LogP contribution is -2.13. The van der Waals surface area contributed by atoms with E-state index in [1.54, 1.807) is 0 Å². The first-order valence-corrected chi connectivity index (χ1v) is 21.9. The van der Waals surface area contributed by atoms with Crippen molar-refractivity contribution in [1.82, 2.24) is 0 Å². The molecule has 2 nitrogen and oxygen atoms in total. The van der Waals surface area contributed by atoms with E-state index < -0.39 is 0 Å². The molecule has 2 aromatic rings. The third-order valence-corrected chi connectivity index (χ3v) is 12.3. The molecular formula is C48H78O2. The summed E-state index contributed by atoms with van der Waals surface area (Å²) in [5, 5.41) is 12.2. The monoisotopic (exact) mass is 687 g/mol. The van der Waals surface area contributed by atoms with E-state index in [1.807, 2.05) is 0 Å². The molecule has 0 radical (unpaired) electrons. The van der Waals surface area contributed by atoms with Crippen molar-refractivity contribution in [1.29, 1.82) is 0 Å². The van der Waals surface area contributed by atoms with E-state index in [9.17, 15) is 5.11 Å². The zero-order chi connectivity index (χ0) is 35.8. The van der Waals surface area contributed by atoms with Crippen molar-refractivity contribution in [2.24, 2.45) is 0 Å². The van der Waals surface area contributed by atoms with E-state index >= 15 is 0 Å². The molecule has 0 saturated heterocycles. The van der Waals surface area contributed by atoms with Crippen LogP contribution in [0.2, 0.25) is 0 Å². The van der Waals surface area contributed by atoms with Gasteiger partial charge in [0.2, 0.25) is 0 Å². The van der Waals surface area contributed by atoms with E-state index in [2.05, 4.69) is 59.7 Å². The topological polar surface area (TPSA) is 29.5 Å². The Kier molecular flexibility index (Phi) is 17.6. The summed E-state index contributed by atoms with van der Waals surface area (Å²) >= 11 is 0. The number of phenols is 1. The number of aryl methyl sites for hydroxylation is 3. The van der Waals surface area contributed by atoms with Crippen LogP contribution in [-0.4, -0.2) is 5.11 Å². The first-order valence-electron chi connectivity index (χ1n) is 21.9. The number of ether oxygens (including phenoxy) is 1. The molecule has 0 heterocycles. The van der Waals surface area contributed by atoms with Crippen LogP contribution in [0.4, 0.5) is 0 Å². The van der Waals surface area contributed by atoms with Crippen LogP contribution in [-0.2, 0) is 11.8 Å². The molecule has 0 amide bonds. The number of unbranched alkanes of at least 4 members (excludes halogenated alkanes) is 15. The Bertz CT molecular complexity index is 1230. The summed E-state index contributed by atoms with van der Waals surface area (Å²) in [6.07, 6.45) is 35.8. The van der Waals surface area contributed by atoms with Crippen molar-refractivity contribution in [3.05, 3.63) is 51.6 Å². The molecule has 282 valence electrons. The molecule has 0 spiro atoms. The first kappa shape index (κ1) is 40.8. The largest absolute Gasteiger partial charge is 0.507 e. The van der Waals surface area contributed by atoms with Crippen molar-refractivity contribution >= 4 is 0 Å². The average molecular weight is 687 g/mol. The van der Waals surface area contributed by atoms with Gasteiger partial charge >= 0.3 is 0 Å². The van der Waals surface area contributed by atoms with Crippen molar-refractivity contribution in [2.75, 3.05) is 0 Å². The van der Waals surface area contributed by atoms with E-state index in [0.717, 1.165) is 36.3 Å². The molecule has 2 heteroatoms. The summed E-state index contributed by atoms with van der Waals surface area (Å²) in [7, 11) is 0.